The van der Waals surface area contributed by atoms with Gasteiger partial charge in [0.25, 0.3) is 0 Å². The number of carboxylic acids is 1. The largest absolute Gasteiger partial charge is 0.480 e. The summed E-state index contributed by atoms with van der Waals surface area (Å²) in [6, 6.07) is -1.08. The van der Waals surface area contributed by atoms with E-state index in [1.165, 1.54) is 4.90 Å². The topological polar surface area (TPSA) is 100 Å². The van der Waals surface area contributed by atoms with E-state index in [0.717, 1.165) is 11.6 Å². The van der Waals surface area contributed by atoms with E-state index in [4.69, 9.17) is 5.11 Å². The first-order valence-electron chi connectivity index (χ1n) is 6.27. The molecule has 0 saturated carbocycles. The number of aromatic nitrogens is 3. The molecule has 1 aliphatic heterocycles. The summed E-state index contributed by atoms with van der Waals surface area (Å²) in [6.07, 6.45) is 2.15. The molecule has 110 valence electrons. The number of hydrogen-bond acceptors (Lipinski definition) is 5. The van der Waals surface area contributed by atoms with Crippen LogP contribution in [0.25, 0.3) is 0 Å². The van der Waals surface area contributed by atoms with Gasteiger partial charge in [0.05, 0.1) is 0 Å². The third-order valence-corrected chi connectivity index (χ3v) is 4.13. The lowest BCUT2D eigenvalue weighted by atomic mass is 10.3. The Labute approximate surface area is 120 Å². The Morgan fingerprint density at radius 2 is 2.40 bits per heavy atom. The number of hydrogen-bond donors (Lipinski definition) is 2. The molecule has 20 heavy (non-hydrogen) atoms. The van der Waals surface area contributed by atoms with Crippen molar-refractivity contribution in [2.24, 2.45) is 7.05 Å². The molecule has 1 aromatic heterocycles. The number of rotatable bonds is 4. The van der Waals surface area contributed by atoms with E-state index in [9.17, 15) is 9.59 Å². The fourth-order valence-electron chi connectivity index (χ4n) is 1.97. The number of carbonyl (C=O) groups excluding carboxylic acids is 1. The summed E-state index contributed by atoms with van der Waals surface area (Å²) in [4.78, 5) is 24.5. The minimum Gasteiger partial charge on any atom is -0.480 e. The Morgan fingerprint density at radius 1 is 1.60 bits per heavy atom. The van der Waals surface area contributed by atoms with Crippen molar-refractivity contribution in [1.82, 2.24) is 25.0 Å². The van der Waals surface area contributed by atoms with E-state index < -0.39 is 12.0 Å². The molecular weight excluding hydrogens is 282 g/mol. The molecule has 8 nitrogen and oxygen atoms in total. The van der Waals surface area contributed by atoms with Gasteiger partial charge in [-0.2, -0.15) is 11.8 Å². The number of aliphatic carboxylic acids is 1. The number of carbonyl (C=O) groups is 2. The van der Waals surface area contributed by atoms with Crippen LogP contribution in [-0.4, -0.2) is 67.4 Å². The molecular formula is C11H17N5O3S. The first-order chi connectivity index (χ1) is 9.59. The molecule has 0 aliphatic carbocycles. The highest BCUT2D eigenvalue weighted by Gasteiger charge is 2.32. The Balaban J connectivity index is 1.84. The molecule has 1 aromatic rings. The molecule has 2 rings (SSSR count). The van der Waals surface area contributed by atoms with Crippen molar-refractivity contribution in [3.05, 3.63) is 12.2 Å². The van der Waals surface area contributed by atoms with E-state index in [-0.39, 0.29) is 6.03 Å². The smallest absolute Gasteiger partial charge is 0.327 e. The van der Waals surface area contributed by atoms with Gasteiger partial charge in [0.2, 0.25) is 0 Å². The maximum atomic E-state index is 12.0. The second-order valence-electron chi connectivity index (χ2n) is 4.46. The summed E-state index contributed by atoms with van der Waals surface area (Å²) in [7, 11) is 1.83. The predicted molar refractivity (Wildman–Crippen MR) is 73.6 cm³/mol. The zero-order valence-corrected chi connectivity index (χ0v) is 12.0. The lowest BCUT2D eigenvalue weighted by Gasteiger charge is -2.32. The number of amides is 2. The first kappa shape index (κ1) is 14.6. The molecule has 0 bridgehead atoms. The number of carboxylic acid groups (broad SMARTS) is 1. The van der Waals surface area contributed by atoms with E-state index in [0.29, 0.717) is 25.3 Å². The molecule has 0 aromatic carbocycles. The van der Waals surface area contributed by atoms with E-state index >= 15 is 0 Å². The van der Waals surface area contributed by atoms with Crippen LogP contribution in [0.4, 0.5) is 4.79 Å². The van der Waals surface area contributed by atoms with Gasteiger partial charge < -0.3 is 19.9 Å². The molecule has 0 radical (unpaired) electrons. The van der Waals surface area contributed by atoms with Crippen LogP contribution in [0.15, 0.2) is 6.33 Å². The monoisotopic (exact) mass is 299 g/mol. The Hall–Kier alpha value is -1.77. The van der Waals surface area contributed by atoms with Gasteiger partial charge in [-0.25, -0.2) is 9.59 Å². The summed E-state index contributed by atoms with van der Waals surface area (Å²) in [5, 5.41) is 19.5. The van der Waals surface area contributed by atoms with Gasteiger partial charge in [0, 0.05) is 38.1 Å². The van der Waals surface area contributed by atoms with E-state index in [1.54, 1.807) is 22.7 Å². The average Bonchev–Trinajstić information content (AvgIpc) is 2.84. The molecule has 2 amide bonds. The number of nitrogens with zero attached hydrogens (tertiary/aromatic N) is 4. The van der Waals surface area contributed by atoms with Crippen molar-refractivity contribution >= 4 is 23.8 Å². The van der Waals surface area contributed by atoms with Crippen molar-refractivity contribution in [1.29, 1.82) is 0 Å². The van der Waals surface area contributed by atoms with Crippen LogP contribution >= 0.6 is 11.8 Å². The Bertz CT molecular complexity index is 492. The van der Waals surface area contributed by atoms with Gasteiger partial charge in [-0.05, 0) is 0 Å². The van der Waals surface area contributed by atoms with Gasteiger partial charge in [-0.15, -0.1) is 10.2 Å². The highest BCUT2D eigenvalue weighted by atomic mass is 32.2. The van der Waals surface area contributed by atoms with Gasteiger partial charge >= 0.3 is 12.0 Å². The standard InChI is InChI=1S/C11H17N5O3S/c1-15-7-13-14-9(15)2-3-12-11(19)16-4-5-20-6-8(16)10(17)18/h7-8H,2-6H2,1H3,(H,12,19)(H,17,18). The fourth-order valence-corrected chi connectivity index (χ4v) is 3.01. The highest BCUT2D eigenvalue weighted by Crippen LogP contribution is 2.16. The quantitative estimate of drug-likeness (QED) is 0.782. The first-order valence-corrected chi connectivity index (χ1v) is 7.43. The second kappa shape index (κ2) is 6.60. The average molecular weight is 299 g/mol. The molecule has 1 atom stereocenters. The molecule has 1 fully saturated rings. The number of urea groups is 1. The minimum atomic E-state index is -0.958. The van der Waals surface area contributed by atoms with Crippen LogP contribution < -0.4 is 5.32 Å². The van der Waals surface area contributed by atoms with Crippen molar-refractivity contribution < 1.29 is 14.7 Å². The van der Waals surface area contributed by atoms with Gasteiger partial charge in [-0.3, -0.25) is 0 Å². The normalized spacial score (nSPS) is 18.9. The molecule has 1 saturated heterocycles. The van der Waals surface area contributed by atoms with Crippen molar-refractivity contribution in [2.75, 3.05) is 24.6 Å². The zero-order chi connectivity index (χ0) is 14.5. The Kier molecular flexibility index (Phi) is 4.83. The molecule has 0 spiro atoms. The fraction of sp³-hybridized carbons (Fsp3) is 0.636. The summed E-state index contributed by atoms with van der Waals surface area (Å²) in [6.45, 7) is 0.860. The van der Waals surface area contributed by atoms with Crippen LogP contribution in [-0.2, 0) is 18.3 Å². The summed E-state index contributed by atoms with van der Waals surface area (Å²) in [5.41, 5.74) is 0. The number of thioether (sulfide) groups is 1. The van der Waals surface area contributed by atoms with Crippen molar-refractivity contribution in [3.8, 4) is 0 Å². The highest BCUT2D eigenvalue weighted by molar-refractivity contribution is 7.99. The maximum Gasteiger partial charge on any atom is 0.327 e. The van der Waals surface area contributed by atoms with Crippen molar-refractivity contribution in [2.45, 2.75) is 12.5 Å². The minimum absolute atomic E-state index is 0.333. The molecule has 1 unspecified atom stereocenters. The van der Waals surface area contributed by atoms with Crippen LogP contribution in [0.3, 0.4) is 0 Å². The van der Waals surface area contributed by atoms with Gasteiger partial charge in [-0.1, -0.05) is 0 Å². The van der Waals surface area contributed by atoms with E-state index in [1.807, 2.05) is 7.05 Å². The molecule has 2 N–H and O–H groups in total. The van der Waals surface area contributed by atoms with E-state index in [2.05, 4.69) is 15.5 Å². The van der Waals surface area contributed by atoms with Crippen LogP contribution in [0.1, 0.15) is 5.82 Å². The summed E-state index contributed by atoms with van der Waals surface area (Å²) >= 11 is 1.55. The Morgan fingerprint density at radius 3 is 3.05 bits per heavy atom. The van der Waals surface area contributed by atoms with Gasteiger partial charge in [0.15, 0.2) is 0 Å². The van der Waals surface area contributed by atoms with Gasteiger partial charge in [0.1, 0.15) is 18.2 Å². The van der Waals surface area contributed by atoms with Crippen LogP contribution in [0, 0.1) is 0 Å². The van der Waals surface area contributed by atoms with Crippen molar-refractivity contribution in [3.63, 3.8) is 0 Å². The maximum absolute atomic E-state index is 12.0. The lowest BCUT2D eigenvalue weighted by Crippen LogP contribution is -2.54. The lowest BCUT2D eigenvalue weighted by molar-refractivity contribution is -0.141. The molecule has 9 heteroatoms. The molecule has 2 heterocycles. The zero-order valence-electron chi connectivity index (χ0n) is 11.2. The molecule has 1 aliphatic rings. The SMILES string of the molecule is Cn1cnnc1CCNC(=O)N1CCSCC1C(=O)O. The third-order valence-electron chi connectivity index (χ3n) is 3.10. The summed E-state index contributed by atoms with van der Waals surface area (Å²) < 4.78 is 1.78. The van der Waals surface area contributed by atoms with Crippen LogP contribution in [0.2, 0.25) is 0 Å². The number of nitrogens with one attached hydrogen (secondary N) is 1. The summed E-state index contributed by atoms with van der Waals surface area (Å²) in [5.74, 6) is 1.02. The third kappa shape index (κ3) is 3.41. The van der Waals surface area contributed by atoms with Crippen LogP contribution in [0.5, 0.6) is 0 Å². The number of aryl methyl sites for hydroxylation is 1. The second-order valence-corrected chi connectivity index (χ2v) is 5.61. The predicted octanol–water partition coefficient (Wildman–Crippen LogP) is -0.431.